The summed E-state index contributed by atoms with van der Waals surface area (Å²) in [5.74, 6) is 0.997. The average molecular weight is 425 g/mol. The number of hydrogen-bond acceptors (Lipinski definition) is 7. The first-order valence-electron chi connectivity index (χ1n) is 9.96. The molecule has 7 heteroatoms. The van der Waals surface area contributed by atoms with Gasteiger partial charge in [-0.3, -0.25) is 4.79 Å². The molecule has 0 radical (unpaired) electrons. The van der Waals surface area contributed by atoms with Crippen molar-refractivity contribution in [3.8, 4) is 5.40 Å². The molecule has 1 fully saturated rings. The molecule has 0 spiro atoms. The molecule has 150 valence electrons. The fraction of sp³-hybridized carbons (Fsp3) is 0.409. The van der Waals surface area contributed by atoms with Crippen LogP contribution in [0.3, 0.4) is 0 Å². The number of thiocyanates is 1. The van der Waals surface area contributed by atoms with Gasteiger partial charge >= 0.3 is 0 Å². The van der Waals surface area contributed by atoms with Crippen molar-refractivity contribution in [2.45, 2.75) is 48.4 Å². The van der Waals surface area contributed by atoms with Crippen LogP contribution in [-0.2, 0) is 11.3 Å². The SMILES string of the molecule is C=C1C2SC(C=O)=CCC2N=C(N2CCCCC2)N1Cc1ccccc1SC#N. The van der Waals surface area contributed by atoms with Gasteiger partial charge in [-0.2, -0.15) is 5.26 Å². The van der Waals surface area contributed by atoms with Gasteiger partial charge in [-0.25, -0.2) is 4.99 Å². The fourth-order valence-electron chi connectivity index (χ4n) is 4.09. The highest BCUT2D eigenvalue weighted by molar-refractivity contribution is 8.04. The van der Waals surface area contributed by atoms with E-state index in [0.717, 1.165) is 52.8 Å². The topological polar surface area (TPSA) is 59.7 Å². The zero-order chi connectivity index (χ0) is 20.2. The van der Waals surface area contributed by atoms with Gasteiger partial charge in [0, 0.05) is 28.6 Å². The summed E-state index contributed by atoms with van der Waals surface area (Å²) in [5.41, 5.74) is 2.09. The van der Waals surface area contributed by atoms with Crippen LogP contribution >= 0.6 is 23.5 Å². The molecular weight excluding hydrogens is 400 g/mol. The summed E-state index contributed by atoms with van der Waals surface area (Å²) in [6.07, 6.45) is 7.33. The number of guanidine groups is 1. The quantitative estimate of drug-likeness (QED) is 0.406. The number of nitriles is 1. The van der Waals surface area contributed by atoms with E-state index in [1.54, 1.807) is 11.8 Å². The summed E-state index contributed by atoms with van der Waals surface area (Å²) in [6.45, 7) is 7.10. The Hall–Kier alpha value is -2.17. The Bertz CT molecular complexity index is 898. The van der Waals surface area contributed by atoms with Crippen LogP contribution in [0.4, 0.5) is 0 Å². The molecule has 0 aliphatic carbocycles. The highest BCUT2D eigenvalue weighted by Crippen LogP contribution is 2.41. The number of allylic oxidation sites excluding steroid dienone is 1. The van der Waals surface area contributed by atoms with Crippen LogP contribution in [-0.4, -0.2) is 46.4 Å². The van der Waals surface area contributed by atoms with Crippen LogP contribution in [0.15, 0.2) is 57.4 Å². The van der Waals surface area contributed by atoms with Crippen LogP contribution in [0.5, 0.6) is 0 Å². The largest absolute Gasteiger partial charge is 0.343 e. The zero-order valence-corrected chi connectivity index (χ0v) is 17.9. The first-order chi connectivity index (χ1) is 14.2. The van der Waals surface area contributed by atoms with Crippen molar-refractivity contribution in [1.29, 1.82) is 5.26 Å². The van der Waals surface area contributed by atoms with Crippen molar-refractivity contribution in [2.75, 3.05) is 13.1 Å². The fourth-order valence-corrected chi connectivity index (χ4v) is 5.73. The second kappa shape index (κ2) is 9.10. The Morgan fingerprint density at radius 1 is 1.31 bits per heavy atom. The van der Waals surface area contributed by atoms with E-state index in [1.165, 1.54) is 31.0 Å². The lowest BCUT2D eigenvalue weighted by Gasteiger charge is -2.45. The smallest absolute Gasteiger partial charge is 0.201 e. The molecule has 29 heavy (non-hydrogen) atoms. The molecule has 0 N–H and O–H groups in total. The van der Waals surface area contributed by atoms with E-state index in [4.69, 9.17) is 4.99 Å². The molecule has 2 unspecified atom stereocenters. The van der Waals surface area contributed by atoms with Crippen LogP contribution < -0.4 is 0 Å². The van der Waals surface area contributed by atoms with Gasteiger partial charge in [-0.05, 0) is 49.1 Å². The van der Waals surface area contributed by atoms with Crippen LogP contribution in [0.1, 0.15) is 31.2 Å². The predicted molar refractivity (Wildman–Crippen MR) is 119 cm³/mol. The number of piperidine rings is 1. The molecule has 1 aromatic carbocycles. The molecule has 0 amide bonds. The van der Waals surface area contributed by atoms with Gasteiger partial charge < -0.3 is 9.80 Å². The van der Waals surface area contributed by atoms with Crippen molar-refractivity contribution >= 4 is 35.8 Å². The minimum absolute atomic E-state index is 0.0736. The number of nitrogens with zero attached hydrogens (tertiary/aromatic N) is 4. The number of likely N-dealkylation sites (tertiary alicyclic amines) is 1. The molecule has 3 heterocycles. The highest BCUT2D eigenvalue weighted by Gasteiger charge is 2.39. The van der Waals surface area contributed by atoms with E-state index >= 15 is 0 Å². The Labute approximate surface area is 180 Å². The van der Waals surface area contributed by atoms with Crippen molar-refractivity contribution < 1.29 is 4.79 Å². The van der Waals surface area contributed by atoms with Crippen molar-refractivity contribution in [2.24, 2.45) is 4.99 Å². The van der Waals surface area contributed by atoms with E-state index in [-0.39, 0.29) is 11.3 Å². The first kappa shape index (κ1) is 20.1. The number of carbonyl (C=O) groups excluding carboxylic acids is 1. The highest BCUT2D eigenvalue weighted by atomic mass is 32.2. The summed E-state index contributed by atoms with van der Waals surface area (Å²) in [5, 5.41) is 11.4. The molecular formula is C22H24N4OS2. The third-order valence-corrected chi connectivity index (χ3v) is 7.67. The predicted octanol–water partition coefficient (Wildman–Crippen LogP) is 4.39. The lowest BCUT2D eigenvalue weighted by molar-refractivity contribution is -0.104. The number of carbonyl (C=O) groups is 1. The van der Waals surface area contributed by atoms with Crippen molar-refractivity contribution in [3.05, 3.63) is 53.1 Å². The van der Waals surface area contributed by atoms with Gasteiger partial charge in [-0.1, -0.05) is 30.9 Å². The second-order valence-electron chi connectivity index (χ2n) is 7.42. The van der Waals surface area contributed by atoms with Gasteiger partial charge in [0.1, 0.15) is 5.40 Å². The molecule has 5 nitrogen and oxygen atoms in total. The molecule has 4 rings (SSSR count). The Morgan fingerprint density at radius 2 is 2.10 bits per heavy atom. The zero-order valence-electron chi connectivity index (χ0n) is 16.3. The molecule has 3 aliphatic heterocycles. The molecule has 1 saturated heterocycles. The third kappa shape index (κ3) is 4.24. The first-order valence-corrected chi connectivity index (χ1v) is 11.7. The molecule has 3 aliphatic rings. The van der Waals surface area contributed by atoms with Gasteiger partial charge in [0.15, 0.2) is 6.29 Å². The van der Waals surface area contributed by atoms with Crippen LogP contribution in [0, 0.1) is 10.7 Å². The van der Waals surface area contributed by atoms with Gasteiger partial charge in [-0.15, -0.1) is 11.8 Å². The van der Waals surface area contributed by atoms with E-state index in [1.807, 2.05) is 24.3 Å². The Kier molecular flexibility index (Phi) is 6.31. The van der Waals surface area contributed by atoms with Crippen molar-refractivity contribution in [1.82, 2.24) is 9.80 Å². The summed E-state index contributed by atoms with van der Waals surface area (Å²) in [6, 6.07) is 8.14. The van der Waals surface area contributed by atoms with E-state index in [9.17, 15) is 10.1 Å². The summed E-state index contributed by atoms with van der Waals surface area (Å²) in [4.78, 5) is 22.8. The summed E-state index contributed by atoms with van der Waals surface area (Å²) >= 11 is 2.76. The number of aliphatic imine (C=N–C) groups is 1. The van der Waals surface area contributed by atoms with E-state index in [0.29, 0.717) is 6.54 Å². The number of rotatable bonds is 4. The monoisotopic (exact) mass is 424 g/mol. The van der Waals surface area contributed by atoms with Crippen LogP contribution in [0.2, 0.25) is 0 Å². The lowest BCUT2D eigenvalue weighted by Crippen LogP contribution is -2.52. The lowest BCUT2D eigenvalue weighted by atomic mass is 10.0. The maximum atomic E-state index is 11.3. The maximum Gasteiger partial charge on any atom is 0.201 e. The van der Waals surface area contributed by atoms with E-state index < -0.39 is 0 Å². The van der Waals surface area contributed by atoms with E-state index in [2.05, 4.69) is 27.8 Å². The molecule has 0 aromatic heterocycles. The number of thioether (sulfide) groups is 2. The number of hydrogen-bond donors (Lipinski definition) is 0. The van der Waals surface area contributed by atoms with Gasteiger partial charge in [0.2, 0.25) is 5.96 Å². The normalized spacial score (nSPS) is 24.3. The third-order valence-electron chi connectivity index (χ3n) is 5.58. The van der Waals surface area contributed by atoms with Crippen LogP contribution in [0.25, 0.3) is 0 Å². The Balaban J connectivity index is 1.68. The molecule has 2 atom stereocenters. The number of aldehydes is 1. The minimum Gasteiger partial charge on any atom is -0.343 e. The second-order valence-corrected chi connectivity index (χ2v) is 9.46. The van der Waals surface area contributed by atoms with Gasteiger partial charge in [0.05, 0.1) is 17.8 Å². The molecule has 0 saturated carbocycles. The molecule has 1 aromatic rings. The van der Waals surface area contributed by atoms with Crippen molar-refractivity contribution in [3.63, 3.8) is 0 Å². The number of fused-ring (bicyclic) bond motifs is 1. The Morgan fingerprint density at radius 3 is 2.86 bits per heavy atom. The standard InChI is InChI=1S/C22H24N4OS2/c1-16-21-19(10-9-18(14-27)29-21)24-22(25-11-5-2-6-12-25)26(16)13-17-7-3-4-8-20(17)28-15-23/h3-4,7-9,14,19,21H,1-2,5-6,10-13H2. The number of benzene rings is 1. The maximum absolute atomic E-state index is 11.3. The van der Waals surface area contributed by atoms with Gasteiger partial charge in [0.25, 0.3) is 0 Å². The average Bonchev–Trinajstić information content (AvgIpc) is 2.77. The summed E-state index contributed by atoms with van der Waals surface area (Å²) < 4.78 is 0. The summed E-state index contributed by atoms with van der Waals surface area (Å²) in [7, 11) is 0. The minimum atomic E-state index is 0.0736. The molecule has 0 bridgehead atoms.